The molecule has 1 aromatic heterocycles. The van der Waals surface area contributed by atoms with E-state index in [2.05, 4.69) is 36.9 Å². The minimum absolute atomic E-state index is 0.377. The summed E-state index contributed by atoms with van der Waals surface area (Å²) in [5.74, 6) is 1.11. The van der Waals surface area contributed by atoms with Crippen molar-refractivity contribution in [2.75, 3.05) is 26.2 Å². The Balaban J connectivity index is 1.42. The molecule has 2 saturated carbocycles. The minimum atomic E-state index is 0.377. The molecule has 2 heterocycles. The van der Waals surface area contributed by atoms with Gasteiger partial charge in [-0.05, 0) is 42.5 Å². The van der Waals surface area contributed by atoms with Gasteiger partial charge in [-0.1, -0.05) is 39.0 Å². The van der Waals surface area contributed by atoms with Crippen molar-refractivity contribution in [2.45, 2.75) is 89.3 Å². The normalized spacial score (nSPS) is 26.3. The summed E-state index contributed by atoms with van der Waals surface area (Å²) in [5, 5.41) is 12.9. The SMILES string of the molecule is CC[C@@H](c1nnnn1C1CCCCC1)N1CCN(C2CCCC2)CC1. The van der Waals surface area contributed by atoms with Crippen LogP contribution in [0.3, 0.4) is 0 Å². The van der Waals surface area contributed by atoms with E-state index in [1.54, 1.807) is 0 Å². The summed E-state index contributed by atoms with van der Waals surface area (Å²) in [7, 11) is 0. The molecule has 1 aliphatic heterocycles. The van der Waals surface area contributed by atoms with Crippen molar-refractivity contribution in [2.24, 2.45) is 0 Å². The summed E-state index contributed by atoms with van der Waals surface area (Å²) in [4.78, 5) is 5.37. The molecule has 0 amide bonds. The Morgan fingerprint density at radius 3 is 2.20 bits per heavy atom. The summed E-state index contributed by atoms with van der Waals surface area (Å²) in [6.45, 7) is 7.03. The third-order valence-electron chi connectivity index (χ3n) is 6.75. The number of rotatable bonds is 5. The fourth-order valence-electron chi connectivity index (χ4n) is 5.29. The van der Waals surface area contributed by atoms with Crippen molar-refractivity contribution < 1.29 is 0 Å². The van der Waals surface area contributed by atoms with Crippen LogP contribution in [0.15, 0.2) is 0 Å². The highest BCUT2D eigenvalue weighted by atomic mass is 15.6. The van der Waals surface area contributed by atoms with E-state index in [0.29, 0.717) is 12.1 Å². The van der Waals surface area contributed by atoms with E-state index in [1.807, 2.05) is 0 Å². The monoisotopic (exact) mass is 346 g/mol. The number of hydrogen-bond donors (Lipinski definition) is 0. The van der Waals surface area contributed by atoms with Crippen molar-refractivity contribution in [1.29, 1.82) is 0 Å². The predicted molar refractivity (Wildman–Crippen MR) is 98.4 cm³/mol. The lowest BCUT2D eigenvalue weighted by atomic mass is 9.95. The molecule has 6 heteroatoms. The van der Waals surface area contributed by atoms with Gasteiger partial charge in [0.2, 0.25) is 0 Å². The molecule has 3 aliphatic rings. The first-order chi connectivity index (χ1) is 12.4. The highest BCUT2D eigenvalue weighted by Gasteiger charge is 2.32. The third kappa shape index (κ3) is 3.75. The fraction of sp³-hybridized carbons (Fsp3) is 0.947. The molecule has 1 atom stereocenters. The summed E-state index contributed by atoms with van der Waals surface area (Å²) in [6, 6.07) is 1.75. The Bertz CT molecular complexity index is 524. The maximum Gasteiger partial charge on any atom is 0.168 e. The molecule has 0 bridgehead atoms. The zero-order chi connectivity index (χ0) is 17.1. The zero-order valence-electron chi connectivity index (χ0n) is 15.8. The second-order valence-electron chi connectivity index (χ2n) is 8.21. The Labute approximate surface area is 151 Å². The van der Waals surface area contributed by atoms with Gasteiger partial charge < -0.3 is 0 Å². The van der Waals surface area contributed by atoms with Crippen molar-refractivity contribution in [3.05, 3.63) is 5.82 Å². The van der Waals surface area contributed by atoms with Crippen LogP contribution >= 0.6 is 0 Å². The molecule has 0 aromatic carbocycles. The summed E-state index contributed by atoms with van der Waals surface area (Å²) in [5.41, 5.74) is 0. The number of aromatic nitrogens is 4. The number of tetrazole rings is 1. The number of piperazine rings is 1. The van der Waals surface area contributed by atoms with Crippen LogP contribution in [0.5, 0.6) is 0 Å². The molecule has 1 aromatic rings. The summed E-state index contributed by atoms with van der Waals surface area (Å²) >= 11 is 0. The topological polar surface area (TPSA) is 50.1 Å². The molecule has 1 saturated heterocycles. The van der Waals surface area contributed by atoms with E-state index in [-0.39, 0.29) is 0 Å². The molecular formula is C19H34N6. The third-order valence-corrected chi connectivity index (χ3v) is 6.75. The van der Waals surface area contributed by atoms with Gasteiger partial charge in [-0.2, -0.15) is 0 Å². The number of hydrogen-bond acceptors (Lipinski definition) is 5. The lowest BCUT2D eigenvalue weighted by Crippen LogP contribution is -2.50. The molecule has 140 valence electrons. The Morgan fingerprint density at radius 1 is 0.880 bits per heavy atom. The van der Waals surface area contributed by atoms with Crippen LogP contribution in [0.1, 0.15) is 89.0 Å². The lowest BCUT2D eigenvalue weighted by Gasteiger charge is -2.41. The Kier molecular flexibility index (Phi) is 5.66. The predicted octanol–water partition coefficient (Wildman–Crippen LogP) is 3.19. The van der Waals surface area contributed by atoms with Crippen LogP contribution in [-0.4, -0.2) is 62.2 Å². The molecule has 3 fully saturated rings. The van der Waals surface area contributed by atoms with E-state index in [1.165, 1.54) is 70.9 Å². The number of nitrogens with zero attached hydrogens (tertiary/aromatic N) is 6. The minimum Gasteiger partial charge on any atom is -0.298 e. The molecule has 0 unspecified atom stereocenters. The van der Waals surface area contributed by atoms with E-state index < -0.39 is 0 Å². The summed E-state index contributed by atoms with van der Waals surface area (Å²) < 4.78 is 2.18. The molecule has 2 aliphatic carbocycles. The molecular weight excluding hydrogens is 312 g/mol. The zero-order valence-corrected chi connectivity index (χ0v) is 15.8. The average molecular weight is 347 g/mol. The first-order valence-corrected chi connectivity index (χ1v) is 10.6. The second-order valence-corrected chi connectivity index (χ2v) is 8.21. The van der Waals surface area contributed by atoms with E-state index in [9.17, 15) is 0 Å². The highest BCUT2D eigenvalue weighted by Crippen LogP contribution is 2.32. The van der Waals surface area contributed by atoms with Crippen LogP contribution < -0.4 is 0 Å². The Hall–Kier alpha value is -1.01. The molecule has 0 radical (unpaired) electrons. The fourth-order valence-corrected chi connectivity index (χ4v) is 5.29. The summed E-state index contributed by atoms with van der Waals surface area (Å²) in [6.07, 6.45) is 13.3. The average Bonchev–Trinajstić information content (AvgIpc) is 3.36. The van der Waals surface area contributed by atoms with E-state index in [0.717, 1.165) is 31.4 Å². The van der Waals surface area contributed by atoms with Gasteiger partial charge in [-0.15, -0.1) is 5.10 Å². The van der Waals surface area contributed by atoms with E-state index >= 15 is 0 Å². The van der Waals surface area contributed by atoms with Crippen LogP contribution in [-0.2, 0) is 0 Å². The van der Waals surface area contributed by atoms with Gasteiger partial charge in [0.25, 0.3) is 0 Å². The maximum atomic E-state index is 4.48. The molecule has 25 heavy (non-hydrogen) atoms. The van der Waals surface area contributed by atoms with Crippen molar-refractivity contribution in [3.8, 4) is 0 Å². The molecule has 4 rings (SSSR count). The quantitative estimate of drug-likeness (QED) is 0.819. The molecule has 0 N–H and O–H groups in total. The van der Waals surface area contributed by atoms with Gasteiger partial charge in [0.15, 0.2) is 5.82 Å². The van der Waals surface area contributed by atoms with E-state index in [4.69, 9.17) is 0 Å². The van der Waals surface area contributed by atoms with Crippen molar-refractivity contribution in [1.82, 2.24) is 30.0 Å². The smallest absolute Gasteiger partial charge is 0.168 e. The van der Waals surface area contributed by atoms with Crippen LogP contribution in [0.4, 0.5) is 0 Å². The first-order valence-electron chi connectivity index (χ1n) is 10.6. The van der Waals surface area contributed by atoms with Crippen molar-refractivity contribution >= 4 is 0 Å². The highest BCUT2D eigenvalue weighted by molar-refractivity contribution is 4.97. The lowest BCUT2D eigenvalue weighted by molar-refractivity contribution is 0.0633. The molecule has 0 spiro atoms. The van der Waals surface area contributed by atoms with Gasteiger partial charge in [0.1, 0.15) is 0 Å². The molecule has 6 nitrogen and oxygen atoms in total. The van der Waals surface area contributed by atoms with Gasteiger partial charge in [0, 0.05) is 32.2 Å². The van der Waals surface area contributed by atoms with Gasteiger partial charge >= 0.3 is 0 Å². The first kappa shape index (κ1) is 17.4. The standard InChI is InChI=1S/C19H34N6/c1-2-18(19-20-21-22-25(19)17-10-4-3-5-11-17)24-14-12-23(13-15-24)16-8-6-7-9-16/h16-18H,2-15H2,1H3/t18-/m0/s1. The van der Waals surface area contributed by atoms with Gasteiger partial charge in [-0.3, -0.25) is 9.80 Å². The van der Waals surface area contributed by atoms with Crippen LogP contribution in [0.2, 0.25) is 0 Å². The second kappa shape index (κ2) is 8.12. The van der Waals surface area contributed by atoms with Gasteiger partial charge in [-0.25, -0.2) is 4.68 Å². The van der Waals surface area contributed by atoms with Crippen LogP contribution in [0.25, 0.3) is 0 Å². The van der Waals surface area contributed by atoms with Crippen molar-refractivity contribution in [3.63, 3.8) is 0 Å². The van der Waals surface area contributed by atoms with Crippen LogP contribution in [0, 0.1) is 0 Å². The largest absolute Gasteiger partial charge is 0.298 e. The maximum absolute atomic E-state index is 4.48. The Morgan fingerprint density at radius 2 is 1.52 bits per heavy atom. The van der Waals surface area contributed by atoms with Gasteiger partial charge in [0.05, 0.1) is 12.1 Å².